The number of rotatable bonds is 5. The summed E-state index contributed by atoms with van der Waals surface area (Å²) in [5, 5.41) is 0. The molecule has 23 heavy (non-hydrogen) atoms. The number of likely N-dealkylation sites (N-methyl/N-ethyl adjacent to an activating group) is 1. The van der Waals surface area contributed by atoms with Crippen molar-refractivity contribution in [3.63, 3.8) is 0 Å². The third-order valence-corrected chi connectivity index (χ3v) is 3.82. The van der Waals surface area contributed by atoms with Crippen molar-refractivity contribution >= 4 is 17.1 Å². The summed E-state index contributed by atoms with van der Waals surface area (Å²) in [5.74, 6) is 0.626. The monoisotopic (exact) mass is 320 g/mol. The molecule has 0 atom stereocenters. The van der Waals surface area contributed by atoms with E-state index in [-0.39, 0.29) is 11.2 Å². The molecular formula is C15H24N6O2. The predicted octanol–water partition coefficient (Wildman–Crippen LogP) is -0.205. The molecule has 0 radical (unpaired) electrons. The summed E-state index contributed by atoms with van der Waals surface area (Å²) < 4.78 is 4.34. The second kappa shape index (κ2) is 6.41. The average Bonchev–Trinajstić information content (AvgIpc) is 2.88. The Hall–Kier alpha value is -2.35. The lowest BCUT2D eigenvalue weighted by atomic mass is 10.3. The van der Waals surface area contributed by atoms with Gasteiger partial charge in [-0.3, -0.25) is 13.9 Å². The van der Waals surface area contributed by atoms with E-state index in [2.05, 4.69) is 4.98 Å². The van der Waals surface area contributed by atoms with Crippen LogP contribution in [0.3, 0.4) is 0 Å². The first-order valence-electron chi connectivity index (χ1n) is 7.50. The Kier molecular flexibility index (Phi) is 4.74. The van der Waals surface area contributed by atoms with E-state index in [1.165, 1.54) is 11.6 Å². The minimum atomic E-state index is -0.387. The summed E-state index contributed by atoms with van der Waals surface area (Å²) in [6.07, 6.45) is 2.02. The molecule has 0 bridgehead atoms. The van der Waals surface area contributed by atoms with Crippen LogP contribution in [0.25, 0.3) is 11.2 Å². The Bertz CT molecular complexity index is 867. The van der Waals surface area contributed by atoms with Crippen LogP contribution in [0.2, 0.25) is 0 Å². The number of imidazole rings is 1. The van der Waals surface area contributed by atoms with Gasteiger partial charge in [0.25, 0.3) is 5.56 Å². The van der Waals surface area contributed by atoms with E-state index in [0.29, 0.717) is 36.7 Å². The fourth-order valence-electron chi connectivity index (χ4n) is 2.47. The second-order valence-corrected chi connectivity index (χ2v) is 5.89. The van der Waals surface area contributed by atoms with Gasteiger partial charge < -0.3 is 15.2 Å². The number of nitrogens with two attached hydrogens (primary N) is 1. The standard InChI is InChI=1S/C15H24N6O2/c1-10(2)6-8-21-11-12(17-14(21)18(3)9-7-16)19(4)15(23)20(5)13(11)22/h6H,7-9,16H2,1-5H3. The molecule has 2 aromatic rings. The Balaban J connectivity index is 2.85. The van der Waals surface area contributed by atoms with Crippen LogP contribution in [0, 0.1) is 0 Å². The minimum absolute atomic E-state index is 0.342. The molecule has 2 rings (SSSR count). The lowest BCUT2D eigenvalue weighted by Gasteiger charge is -2.18. The molecule has 2 N–H and O–H groups in total. The molecule has 8 nitrogen and oxygen atoms in total. The highest BCUT2D eigenvalue weighted by Crippen LogP contribution is 2.18. The highest BCUT2D eigenvalue weighted by Gasteiger charge is 2.20. The highest BCUT2D eigenvalue weighted by molar-refractivity contribution is 5.74. The van der Waals surface area contributed by atoms with Crippen molar-refractivity contribution in [2.75, 3.05) is 25.0 Å². The smallest absolute Gasteiger partial charge is 0.332 e. The fraction of sp³-hybridized carbons (Fsp3) is 0.533. The van der Waals surface area contributed by atoms with E-state index < -0.39 is 0 Å². The zero-order valence-corrected chi connectivity index (χ0v) is 14.3. The Morgan fingerprint density at radius 1 is 1.26 bits per heavy atom. The third-order valence-electron chi connectivity index (χ3n) is 3.82. The van der Waals surface area contributed by atoms with Gasteiger partial charge in [-0.25, -0.2) is 4.79 Å². The molecule has 0 saturated heterocycles. The molecule has 0 aliphatic carbocycles. The quantitative estimate of drug-likeness (QED) is 0.770. The van der Waals surface area contributed by atoms with Crippen LogP contribution in [0.5, 0.6) is 0 Å². The number of aryl methyl sites for hydroxylation is 1. The van der Waals surface area contributed by atoms with E-state index in [1.807, 2.05) is 36.4 Å². The summed E-state index contributed by atoms with van der Waals surface area (Å²) >= 11 is 0. The molecule has 126 valence electrons. The number of anilines is 1. The summed E-state index contributed by atoms with van der Waals surface area (Å²) in [4.78, 5) is 31.1. The summed E-state index contributed by atoms with van der Waals surface area (Å²) in [7, 11) is 4.97. The van der Waals surface area contributed by atoms with Gasteiger partial charge in [-0.2, -0.15) is 4.98 Å². The highest BCUT2D eigenvalue weighted by atomic mass is 16.2. The van der Waals surface area contributed by atoms with Crippen LogP contribution in [0.15, 0.2) is 21.2 Å². The number of nitrogens with zero attached hydrogens (tertiary/aromatic N) is 5. The Morgan fingerprint density at radius 3 is 2.48 bits per heavy atom. The maximum Gasteiger partial charge on any atom is 0.332 e. The van der Waals surface area contributed by atoms with Gasteiger partial charge in [0.1, 0.15) is 0 Å². The summed E-state index contributed by atoms with van der Waals surface area (Å²) in [5.41, 5.74) is 6.85. The predicted molar refractivity (Wildman–Crippen MR) is 92.0 cm³/mol. The van der Waals surface area contributed by atoms with Gasteiger partial charge in [0.05, 0.1) is 0 Å². The fourth-order valence-corrected chi connectivity index (χ4v) is 2.47. The lowest BCUT2D eigenvalue weighted by Crippen LogP contribution is -2.37. The first kappa shape index (κ1) is 17.0. The normalized spacial score (nSPS) is 11.0. The van der Waals surface area contributed by atoms with Gasteiger partial charge in [0.2, 0.25) is 5.95 Å². The molecule has 0 amide bonds. The first-order chi connectivity index (χ1) is 10.8. The van der Waals surface area contributed by atoms with E-state index in [9.17, 15) is 9.59 Å². The van der Waals surface area contributed by atoms with Crippen molar-refractivity contribution in [1.82, 2.24) is 18.7 Å². The van der Waals surface area contributed by atoms with Gasteiger partial charge in [-0.1, -0.05) is 11.6 Å². The summed E-state index contributed by atoms with van der Waals surface area (Å²) in [6, 6.07) is 0. The number of fused-ring (bicyclic) bond motifs is 1. The van der Waals surface area contributed by atoms with Gasteiger partial charge in [-0.05, 0) is 13.8 Å². The van der Waals surface area contributed by atoms with E-state index in [4.69, 9.17) is 5.73 Å². The molecule has 2 aromatic heterocycles. The summed E-state index contributed by atoms with van der Waals surface area (Å²) in [6.45, 7) is 5.58. The van der Waals surface area contributed by atoms with E-state index in [1.54, 1.807) is 7.05 Å². The molecule has 0 aliphatic rings. The topological polar surface area (TPSA) is 91.1 Å². The number of hydrogen-bond acceptors (Lipinski definition) is 5. The van der Waals surface area contributed by atoms with Crippen LogP contribution in [0.1, 0.15) is 13.8 Å². The van der Waals surface area contributed by atoms with Crippen molar-refractivity contribution < 1.29 is 0 Å². The van der Waals surface area contributed by atoms with Gasteiger partial charge in [0.15, 0.2) is 11.2 Å². The van der Waals surface area contributed by atoms with Crippen molar-refractivity contribution in [1.29, 1.82) is 0 Å². The van der Waals surface area contributed by atoms with Crippen LogP contribution < -0.4 is 21.9 Å². The minimum Gasteiger partial charge on any atom is -0.344 e. The molecule has 0 aromatic carbocycles. The molecule has 0 spiro atoms. The molecule has 0 fully saturated rings. The van der Waals surface area contributed by atoms with Crippen molar-refractivity contribution in [2.45, 2.75) is 20.4 Å². The number of allylic oxidation sites excluding steroid dienone is 2. The van der Waals surface area contributed by atoms with Gasteiger partial charge in [0, 0.05) is 40.8 Å². The number of aromatic nitrogens is 4. The zero-order valence-electron chi connectivity index (χ0n) is 14.3. The molecule has 0 saturated carbocycles. The van der Waals surface area contributed by atoms with Crippen molar-refractivity contribution in [3.05, 3.63) is 32.5 Å². The van der Waals surface area contributed by atoms with Crippen LogP contribution >= 0.6 is 0 Å². The second-order valence-electron chi connectivity index (χ2n) is 5.89. The Labute approximate surface area is 134 Å². The van der Waals surface area contributed by atoms with Crippen LogP contribution in [0.4, 0.5) is 5.95 Å². The van der Waals surface area contributed by atoms with Crippen LogP contribution in [-0.4, -0.2) is 38.8 Å². The van der Waals surface area contributed by atoms with Crippen LogP contribution in [-0.2, 0) is 20.6 Å². The van der Waals surface area contributed by atoms with Crippen molar-refractivity contribution in [2.24, 2.45) is 19.8 Å². The van der Waals surface area contributed by atoms with E-state index >= 15 is 0 Å². The number of hydrogen-bond donors (Lipinski definition) is 1. The lowest BCUT2D eigenvalue weighted by molar-refractivity contribution is 0.702. The molecule has 8 heteroatoms. The molecule has 0 aliphatic heterocycles. The molecule has 2 heterocycles. The Morgan fingerprint density at radius 2 is 1.91 bits per heavy atom. The van der Waals surface area contributed by atoms with Gasteiger partial charge >= 0.3 is 5.69 Å². The van der Waals surface area contributed by atoms with E-state index in [0.717, 1.165) is 10.1 Å². The zero-order chi connectivity index (χ0) is 17.3. The molecular weight excluding hydrogens is 296 g/mol. The maximum absolute atomic E-state index is 12.6. The third kappa shape index (κ3) is 2.94. The maximum atomic E-state index is 12.6. The largest absolute Gasteiger partial charge is 0.344 e. The SMILES string of the molecule is CC(C)=CCn1c(N(C)CCN)nc2c1c(=O)n(C)c(=O)n2C. The average molecular weight is 320 g/mol. The molecule has 0 unspecified atom stereocenters. The van der Waals surface area contributed by atoms with Gasteiger partial charge in [-0.15, -0.1) is 0 Å². The first-order valence-corrected chi connectivity index (χ1v) is 7.50. The van der Waals surface area contributed by atoms with Crippen molar-refractivity contribution in [3.8, 4) is 0 Å².